The average molecular weight is 544 g/mol. The van der Waals surface area contributed by atoms with Gasteiger partial charge in [0.15, 0.2) is 0 Å². The summed E-state index contributed by atoms with van der Waals surface area (Å²) in [7, 11) is 0. The fourth-order valence-electron chi connectivity index (χ4n) is 4.94. The summed E-state index contributed by atoms with van der Waals surface area (Å²) in [6, 6.07) is 30.4. The van der Waals surface area contributed by atoms with Crippen LogP contribution in [-0.2, 0) is 39.8 Å². The van der Waals surface area contributed by atoms with Gasteiger partial charge in [0.25, 0.3) is 0 Å². The molecule has 1 aliphatic rings. The fraction of sp³-hybridized carbons (Fsp3) is 0.303. The van der Waals surface area contributed by atoms with E-state index in [-0.39, 0.29) is 24.7 Å². The first kappa shape index (κ1) is 27.9. The third-order valence-corrected chi connectivity index (χ3v) is 7.07. The van der Waals surface area contributed by atoms with Crippen LogP contribution in [0.2, 0.25) is 0 Å². The highest BCUT2D eigenvalue weighted by molar-refractivity contribution is 5.34. The lowest BCUT2D eigenvalue weighted by atomic mass is 9.96. The SMILES string of the molecule is CC[C@H]1OC(O)(c2cc(C)c(OCc3ccccc3)nc2F)[C@@H](OCc2ccccc2)C1OCc1ccccc1. The normalized spacial score (nSPS) is 22.4. The second-order valence-corrected chi connectivity index (χ2v) is 9.96. The second kappa shape index (κ2) is 12.7. The van der Waals surface area contributed by atoms with Gasteiger partial charge in [0.1, 0.15) is 18.8 Å². The smallest absolute Gasteiger partial charge is 0.227 e. The molecule has 2 unspecified atom stereocenters. The lowest BCUT2D eigenvalue weighted by Crippen LogP contribution is -2.44. The zero-order valence-corrected chi connectivity index (χ0v) is 22.7. The van der Waals surface area contributed by atoms with E-state index in [2.05, 4.69) is 4.98 Å². The van der Waals surface area contributed by atoms with Crippen molar-refractivity contribution in [1.29, 1.82) is 0 Å². The molecule has 4 atom stereocenters. The predicted molar refractivity (Wildman–Crippen MR) is 149 cm³/mol. The van der Waals surface area contributed by atoms with Crippen molar-refractivity contribution in [3.63, 3.8) is 0 Å². The van der Waals surface area contributed by atoms with E-state index in [1.165, 1.54) is 6.07 Å². The number of aliphatic hydroxyl groups is 1. The quantitative estimate of drug-likeness (QED) is 0.226. The molecule has 1 N–H and O–H groups in total. The van der Waals surface area contributed by atoms with Gasteiger partial charge in [-0.05, 0) is 36.1 Å². The summed E-state index contributed by atoms with van der Waals surface area (Å²) in [4.78, 5) is 4.07. The number of rotatable bonds is 11. The van der Waals surface area contributed by atoms with E-state index in [1.54, 1.807) is 6.92 Å². The zero-order valence-electron chi connectivity index (χ0n) is 22.7. The van der Waals surface area contributed by atoms with Gasteiger partial charge in [-0.25, -0.2) is 0 Å². The van der Waals surface area contributed by atoms with Crippen LogP contribution in [0.25, 0.3) is 0 Å². The third kappa shape index (κ3) is 6.24. The van der Waals surface area contributed by atoms with Crippen LogP contribution in [0.3, 0.4) is 0 Å². The van der Waals surface area contributed by atoms with Crippen molar-refractivity contribution in [2.24, 2.45) is 0 Å². The molecule has 40 heavy (non-hydrogen) atoms. The van der Waals surface area contributed by atoms with Gasteiger partial charge in [0, 0.05) is 5.56 Å². The van der Waals surface area contributed by atoms with Crippen molar-refractivity contribution in [1.82, 2.24) is 4.98 Å². The number of benzene rings is 3. The van der Waals surface area contributed by atoms with Gasteiger partial charge in [-0.2, -0.15) is 9.37 Å². The molecule has 208 valence electrons. The standard InChI is InChI=1S/C33H34FNO5/c1-3-28-29(37-20-24-13-7-4-8-14-24)30(38-21-25-15-9-5-10-16-25)33(36,40-28)27-19-23(2)32(35-31(27)34)39-22-26-17-11-6-12-18-26/h4-19,28-30,36H,3,20-22H2,1-2H3/t28-,29?,30+,33?/m1/s1. The zero-order chi connectivity index (χ0) is 28.0. The largest absolute Gasteiger partial charge is 0.473 e. The third-order valence-electron chi connectivity index (χ3n) is 7.07. The molecule has 0 saturated carbocycles. The van der Waals surface area contributed by atoms with Crippen molar-refractivity contribution in [2.75, 3.05) is 0 Å². The lowest BCUT2D eigenvalue weighted by Gasteiger charge is -2.31. The summed E-state index contributed by atoms with van der Waals surface area (Å²) in [6.07, 6.45) is -1.69. The van der Waals surface area contributed by atoms with Crippen LogP contribution in [0, 0.1) is 12.9 Å². The lowest BCUT2D eigenvalue weighted by molar-refractivity contribution is -0.251. The van der Waals surface area contributed by atoms with Gasteiger partial charge in [0.05, 0.1) is 24.9 Å². The average Bonchev–Trinajstić information content (AvgIpc) is 3.27. The number of halogens is 1. The number of pyridine rings is 1. The highest BCUT2D eigenvalue weighted by Crippen LogP contribution is 2.44. The predicted octanol–water partition coefficient (Wildman–Crippen LogP) is 6.23. The number of hydrogen-bond acceptors (Lipinski definition) is 6. The minimum absolute atomic E-state index is 0.112. The van der Waals surface area contributed by atoms with E-state index in [4.69, 9.17) is 18.9 Å². The molecule has 2 heterocycles. The molecule has 4 aromatic rings. The van der Waals surface area contributed by atoms with Crippen LogP contribution < -0.4 is 4.74 Å². The molecular formula is C33H34FNO5. The Morgan fingerprint density at radius 3 is 1.90 bits per heavy atom. The summed E-state index contributed by atoms with van der Waals surface area (Å²) in [5, 5.41) is 12.0. The van der Waals surface area contributed by atoms with Crippen molar-refractivity contribution in [2.45, 2.75) is 64.2 Å². The molecule has 7 heteroatoms. The summed E-state index contributed by atoms with van der Waals surface area (Å²) >= 11 is 0. The van der Waals surface area contributed by atoms with Gasteiger partial charge in [0.2, 0.25) is 17.6 Å². The van der Waals surface area contributed by atoms with Crippen LogP contribution in [-0.4, -0.2) is 28.4 Å². The number of hydrogen-bond donors (Lipinski definition) is 1. The fourth-order valence-corrected chi connectivity index (χ4v) is 4.94. The van der Waals surface area contributed by atoms with Crippen molar-refractivity contribution in [3.8, 4) is 5.88 Å². The highest BCUT2D eigenvalue weighted by atomic mass is 19.1. The number of aromatic nitrogens is 1. The number of ether oxygens (including phenoxy) is 4. The highest BCUT2D eigenvalue weighted by Gasteiger charge is 2.58. The molecule has 1 saturated heterocycles. The molecule has 5 rings (SSSR count). The molecule has 6 nitrogen and oxygen atoms in total. The number of nitrogens with zero attached hydrogens (tertiary/aromatic N) is 1. The van der Waals surface area contributed by atoms with Gasteiger partial charge in [-0.15, -0.1) is 0 Å². The van der Waals surface area contributed by atoms with E-state index in [9.17, 15) is 5.11 Å². The first-order valence-electron chi connectivity index (χ1n) is 13.5. The summed E-state index contributed by atoms with van der Waals surface area (Å²) in [5.74, 6) is -2.86. The molecular weight excluding hydrogens is 509 g/mol. The molecule has 1 fully saturated rings. The molecule has 1 aliphatic heterocycles. The Kier molecular flexibility index (Phi) is 8.87. The molecule has 1 aromatic heterocycles. The van der Waals surface area contributed by atoms with Crippen LogP contribution in [0.4, 0.5) is 4.39 Å². The van der Waals surface area contributed by atoms with Crippen LogP contribution >= 0.6 is 0 Å². The summed E-state index contributed by atoms with van der Waals surface area (Å²) < 4.78 is 40.3. The molecule has 0 radical (unpaired) electrons. The Bertz CT molecular complexity index is 1370. The Balaban J connectivity index is 1.44. The first-order valence-corrected chi connectivity index (χ1v) is 13.5. The van der Waals surface area contributed by atoms with Gasteiger partial charge in [-0.3, -0.25) is 0 Å². The second-order valence-electron chi connectivity index (χ2n) is 9.96. The van der Waals surface area contributed by atoms with Crippen molar-refractivity contribution >= 4 is 0 Å². The van der Waals surface area contributed by atoms with Crippen LogP contribution in [0.1, 0.15) is 41.2 Å². The topological polar surface area (TPSA) is 70.0 Å². The van der Waals surface area contributed by atoms with Gasteiger partial charge >= 0.3 is 0 Å². The molecule has 0 spiro atoms. The van der Waals surface area contributed by atoms with Crippen LogP contribution in [0.15, 0.2) is 97.1 Å². The van der Waals surface area contributed by atoms with E-state index in [0.29, 0.717) is 18.6 Å². The first-order chi connectivity index (χ1) is 19.5. The molecule has 3 aromatic carbocycles. The number of aryl methyl sites for hydroxylation is 1. The van der Waals surface area contributed by atoms with Gasteiger partial charge < -0.3 is 24.1 Å². The maximum Gasteiger partial charge on any atom is 0.227 e. The monoisotopic (exact) mass is 543 g/mol. The van der Waals surface area contributed by atoms with E-state index >= 15 is 4.39 Å². The van der Waals surface area contributed by atoms with Crippen molar-refractivity contribution in [3.05, 3.63) is 131 Å². The maximum atomic E-state index is 15.7. The van der Waals surface area contributed by atoms with E-state index < -0.39 is 30.0 Å². The summed E-state index contributed by atoms with van der Waals surface area (Å²) in [6.45, 7) is 4.41. The Hall–Kier alpha value is -3.62. The minimum Gasteiger partial charge on any atom is -0.473 e. The Morgan fingerprint density at radius 1 is 0.825 bits per heavy atom. The Morgan fingerprint density at radius 2 is 1.35 bits per heavy atom. The summed E-state index contributed by atoms with van der Waals surface area (Å²) in [5.41, 5.74) is 3.26. The molecule has 0 amide bonds. The van der Waals surface area contributed by atoms with E-state index in [0.717, 1.165) is 16.7 Å². The van der Waals surface area contributed by atoms with E-state index in [1.807, 2.05) is 97.9 Å². The van der Waals surface area contributed by atoms with Crippen LogP contribution in [0.5, 0.6) is 5.88 Å². The maximum absolute atomic E-state index is 15.7. The Labute approximate surface area is 234 Å². The van der Waals surface area contributed by atoms with Crippen molar-refractivity contribution < 1.29 is 28.4 Å². The minimum atomic E-state index is -2.13. The molecule has 0 bridgehead atoms. The van der Waals surface area contributed by atoms with Gasteiger partial charge in [-0.1, -0.05) is 97.9 Å². The molecule has 0 aliphatic carbocycles.